The van der Waals surface area contributed by atoms with Gasteiger partial charge in [-0.1, -0.05) is 29.3 Å². The molecule has 0 aliphatic heterocycles. The van der Waals surface area contributed by atoms with Crippen molar-refractivity contribution >= 4 is 33.3 Å². The molecule has 0 unspecified atom stereocenters. The molecule has 0 amide bonds. The van der Waals surface area contributed by atoms with Crippen LogP contribution < -0.4 is 4.18 Å². The van der Waals surface area contributed by atoms with Gasteiger partial charge in [-0.15, -0.1) is 0 Å². The molecule has 23 heavy (non-hydrogen) atoms. The van der Waals surface area contributed by atoms with Crippen LogP contribution in [0.25, 0.3) is 0 Å². The summed E-state index contributed by atoms with van der Waals surface area (Å²) in [6.45, 7) is 0. The van der Waals surface area contributed by atoms with E-state index >= 15 is 0 Å². The molecule has 0 N–H and O–H groups in total. The first-order valence-corrected chi connectivity index (χ1v) is 7.64. The quantitative estimate of drug-likeness (QED) is 0.335. The van der Waals surface area contributed by atoms with E-state index in [1.54, 1.807) is 0 Å². The van der Waals surface area contributed by atoms with Gasteiger partial charge in [0.1, 0.15) is 4.90 Å². The highest BCUT2D eigenvalue weighted by Crippen LogP contribution is 2.35. The molecule has 3 nitrogen and oxygen atoms in total. The molecule has 0 saturated heterocycles. The maximum Gasteiger partial charge on any atom is 0.342 e. The van der Waals surface area contributed by atoms with Crippen LogP contribution in [-0.4, -0.2) is 8.42 Å². The van der Waals surface area contributed by atoms with Crippen LogP contribution in [0.4, 0.5) is 22.0 Å². The predicted octanol–water partition coefficient (Wildman–Crippen LogP) is 4.46. The average Bonchev–Trinajstić information content (AvgIpc) is 2.47. The Labute approximate surface area is 136 Å². The van der Waals surface area contributed by atoms with Crippen LogP contribution in [0.2, 0.25) is 10.0 Å². The third-order valence-corrected chi connectivity index (χ3v) is 4.71. The molecule has 2 aromatic carbocycles. The zero-order chi connectivity index (χ0) is 17.5. The molecule has 11 heteroatoms. The number of benzene rings is 2. The standard InChI is InChI=1S/C12H3Cl2F5O3S/c13-4-2-1-3-5(14)12(4)23(20,21)22-11-9(18)7(16)6(15)8(17)10(11)19/h1-3H. The molecular weight excluding hydrogens is 390 g/mol. The van der Waals surface area contributed by atoms with Crippen molar-refractivity contribution in [3.05, 3.63) is 57.3 Å². The van der Waals surface area contributed by atoms with Gasteiger partial charge in [0.05, 0.1) is 10.0 Å². The van der Waals surface area contributed by atoms with Gasteiger partial charge in [-0.05, 0) is 12.1 Å². The van der Waals surface area contributed by atoms with Gasteiger partial charge in [-0.25, -0.2) is 13.2 Å². The van der Waals surface area contributed by atoms with E-state index in [-0.39, 0.29) is 0 Å². The topological polar surface area (TPSA) is 43.4 Å². The van der Waals surface area contributed by atoms with Gasteiger partial charge in [0.25, 0.3) is 0 Å². The maximum absolute atomic E-state index is 13.5. The lowest BCUT2D eigenvalue weighted by Gasteiger charge is -2.12. The second-order valence-electron chi connectivity index (χ2n) is 3.99. The molecule has 2 rings (SSSR count). The first kappa shape index (κ1) is 17.8. The second-order valence-corrected chi connectivity index (χ2v) is 6.28. The summed E-state index contributed by atoms with van der Waals surface area (Å²) in [6.07, 6.45) is 0. The molecule has 0 spiro atoms. The summed E-state index contributed by atoms with van der Waals surface area (Å²) in [4.78, 5) is -0.882. The van der Waals surface area contributed by atoms with E-state index in [2.05, 4.69) is 4.18 Å². The molecule has 0 bridgehead atoms. The van der Waals surface area contributed by atoms with Crippen molar-refractivity contribution in [1.29, 1.82) is 0 Å². The van der Waals surface area contributed by atoms with Crippen LogP contribution in [0.15, 0.2) is 23.1 Å². The van der Waals surface area contributed by atoms with E-state index in [1.165, 1.54) is 6.07 Å². The lowest BCUT2D eigenvalue weighted by atomic mass is 10.3. The van der Waals surface area contributed by atoms with Gasteiger partial charge in [0.15, 0.2) is 0 Å². The SMILES string of the molecule is O=S(=O)(Oc1c(F)c(F)c(F)c(F)c1F)c1c(Cl)cccc1Cl. The fraction of sp³-hybridized carbons (Fsp3) is 0. The van der Waals surface area contributed by atoms with Crippen molar-refractivity contribution in [2.75, 3.05) is 0 Å². The monoisotopic (exact) mass is 392 g/mol. The summed E-state index contributed by atoms with van der Waals surface area (Å²) in [6, 6.07) is 3.41. The average molecular weight is 393 g/mol. The van der Waals surface area contributed by atoms with Crippen molar-refractivity contribution < 1.29 is 34.6 Å². The molecule has 0 radical (unpaired) electrons. The molecule has 0 fully saturated rings. The minimum atomic E-state index is -5.07. The Kier molecular flexibility index (Phi) is 4.74. The molecule has 0 aliphatic carbocycles. The van der Waals surface area contributed by atoms with Crippen molar-refractivity contribution in [2.24, 2.45) is 0 Å². The maximum atomic E-state index is 13.5. The normalized spacial score (nSPS) is 11.6. The van der Waals surface area contributed by atoms with Crippen LogP contribution in [0.5, 0.6) is 5.75 Å². The zero-order valence-corrected chi connectivity index (χ0v) is 12.8. The van der Waals surface area contributed by atoms with E-state index in [4.69, 9.17) is 23.2 Å². The van der Waals surface area contributed by atoms with E-state index < -0.39 is 59.9 Å². The lowest BCUT2D eigenvalue weighted by Crippen LogP contribution is -2.15. The number of halogens is 7. The molecule has 0 aliphatic rings. The largest absolute Gasteiger partial charge is 0.372 e. The van der Waals surface area contributed by atoms with Crippen LogP contribution in [-0.2, 0) is 10.1 Å². The lowest BCUT2D eigenvalue weighted by molar-refractivity contribution is 0.346. The van der Waals surface area contributed by atoms with Crippen molar-refractivity contribution in [1.82, 2.24) is 0 Å². The van der Waals surface area contributed by atoms with Crippen molar-refractivity contribution in [2.45, 2.75) is 4.90 Å². The van der Waals surface area contributed by atoms with Gasteiger partial charge in [0.2, 0.25) is 34.8 Å². The highest BCUT2D eigenvalue weighted by atomic mass is 35.5. The third kappa shape index (κ3) is 3.08. The first-order valence-electron chi connectivity index (χ1n) is 5.48. The fourth-order valence-corrected chi connectivity index (χ4v) is 3.56. The summed E-state index contributed by atoms with van der Waals surface area (Å²) in [5, 5.41) is -0.942. The van der Waals surface area contributed by atoms with Gasteiger partial charge in [0, 0.05) is 0 Å². The Hall–Kier alpha value is -1.58. The molecule has 0 atom stereocenters. The Balaban J connectivity index is 2.64. The highest BCUT2D eigenvalue weighted by Gasteiger charge is 2.32. The minimum absolute atomic E-state index is 0.471. The number of hydrogen-bond donors (Lipinski definition) is 0. The Morgan fingerprint density at radius 3 is 1.61 bits per heavy atom. The smallest absolute Gasteiger partial charge is 0.342 e. The number of rotatable bonds is 3. The fourth-order valence-electron chi connectivity index (χ4n) is 1.53. The van der Waals surface area contributed by atoms with Crippen LogP contribution in [0, 0.1) is 29.1 Å². The molecule has 2 aromatic rings. The van der Waals surface area contributed by atoms with Crippen molar-refractivity contribution in [3.63, 3.8) is 0 Å². The van der Waals surface area contributed by atoms with Crippen molar-refractivity contribution in [3.8, 4) is 5.75 Å². The van der Waals surface area contributed by atoms with Crippen LogP contribution in [0.1, 0.15) is 0 Å². The van der Waals surface area contributed by atoms with Crippen LogP contribution in [0.3, 0.4) is 0 Å². The van der Waals surface area contributed by atoms with E-state index in [9.17, 15) is 30.4 Å². The Morgan fingerprint density at radius 2 is 1.17 bits per heavy atom. The summed E-state index contributed by atoms with van der Waals surface area (Å²) in [7, 11) is -5.07. The molecular formula is C12H3Cl2F5O3S. The van der Waals surface area contributed by atoms with Gasteiger partial charge in [-0.3, -0.25) is 0 Å². The molecule has 0 aromatic heterocycles. The minimum Gasteiger partial charge on any atom is -0.372 e. The summed E-state index contributed by atoms with van der Waals surface area (Å²) in [5.41, 5.74) is 0. The number of hydrogen-bond acceptors (Lipinski definition) is 3. The van der Waals surface area contributed by atoms with E-state index in [0.29, 0.717) is 0 Å². The summed E-state index contributed by atoms with van der Waals surface area (Å²) >= 11 is 11.2. The van der Waals surface area contributed by atoms with Gasteiger partial charge < -0.3 is 4.18 Å². The highest BCUT2D eigenvalue weighted by molar-refractivity contribution is 7.87. The summed E-state index contributed by atoms with van der Waals surface area (Å²) in [5.74, 6) is -14.1. The third-order valence-electron chi connectivity index (χ3n) is 2.53. The Bertz CT molecular complexity index is 853. The zero-order valence-electron chi connectivity index (χ0n) is 10.5. The van der Waals surface area contributed by atoms with Crippen LogP contribution >= 0.6 is 23.2 Å². The van der Waals surface area contributed by atoms with E-state index in [1.807, 2.05) is 0 Å². The van der Waals surface area contributed by atoms with Gasteiger partial charge in [-0.2, -0.15) is 17.2 Å². The second kappa shape index (κ2) is 6.14. The Morgan fingerprint density at radius 1 is 0.783 bits per heavy atom. The van der Waals surface area contributed by atoms with Gasteiger partial charge >= 0.3 is 10.1 Å². The molecule has 0 heterocycles. The summed E-state index contributed by atoms with van der Waals surface area (Å²) < 4.78 is 94.0. The predicted molar refractivity (Wildman–Crippen MR) is 70.5 cm³/mol. The molecule has 0 saturated carbocycles. The first-order chi connectivity index (χ1) is 10.6. The van der Waals surface area contributed by atoms with E-state index in [0.717, 1.165) is 12.1 Å². The molecule has 124 valence electrons.